The Hall–Kier alpha value is -1.55. The van der Waals surface area contributed by atoms with Crippen LogP contribution in [0.25, 0.3) is 0 Å². The molecule has 4 nitrogen and oxygen atoms in total. The Morgan fingerprint density at radius 2 is 1.90 bits per heavy atom. The summed E-state index contributed by atoms with van der Waals surface area (Å²) in [5, 5.41) is 3.17. The summed E-state index contributed by atoms with van der Waals surface area (Å²) in [5.74, 6) is 0.609. The van der Waals surface area contributed by atoms with Crippen LogP contribution in [0.1, 0.15) is 24.0 Å². The van der Waals surface area contributed by atoms with Crippen LogP contribution in [0.2, 0.25) is 0 Å². The van der Waals surface area contributed by atoms with Crippen molar-refractivity contribution in [3.63, 3.8) is 0 Å². The third kappa shape index (κ3) is 3.56. The Balaban J connectivity index is 1.58. The fraction of sp³-hybridized carbons (Fsp3) is 0.588. The van der Waals surface area contributed by atoms with Gasteiger partial charge < -0.3 is 15.0 Å². The van der Waals surface area contributed by atoms with Crippen LogP contribution in [-0.2, 0) is 17.6 Å². The number of carbonyl (C=O) groups excluding carboxylic acids is 1. The predicted octanol–water partition coefficient (Wildman–Crippen LogP) is 2.22. The average molecular weight is 288 g/mol. The van der Waals surface area contributed by atoms with E-state index >= 15 is 0 Å². The molecule has 1 aliphatic heterocycles. The maximum atomic E-state index is 12.5. The molecule has 2 amide bonds. The van der Waals surface area contributed by atoms with Crippen molar-refractivity contribution in [3.05, 3.63) is 35.4 Å². The fourth-order valence-electron chi connectivity index (χ4n) is 3.09. The molecule has 1 aromatic carbocycles. The molecule has 4 heteroatoms. The minimum atomic E-state index is 0.0664. The molecule has 1 aromatic rings. The number of methoxy groups -OCH3 is 1. The highest BCUT2D eigenvalue weighted by molar-refractivity contribution is 5.74. The largest absolute Gasteiger partial charge is 0.383 e. The number of fused-ring (bicyclic) bond motifs is 1. The van der Waals surface area contributed by atoms with Crippen molar-refractivity contribution >= 4 is 6.03 Å². The van der Waals surface area contributed by atoms with E-state index in [0.29, 0.717) is 12.5 Å². The van der Waals surface area contributed by atoms with Crippen LogP contribution in [0.5, 0.6) is 0 Å². The molecular weight excluding hydrogens is 264 g/mol. The van der Waals surface area contributed by atoms with Gasteiger partial charge in [0.1, 0.15) is 0 Å². The fourth-order valence-corrected chi connectivity index (χ4v) is 3.09. The van der Waals surface area contributed by atoms with Gasteiger partial charge in [0.2, 0.25) is 0 Å². The van der Waals surface area contributed by atoms with E-state index < -0.39 is 0 Å². The maximum absolute atomic E-state index is 12.5. The molecule has 1 heterocycles. The molecule has 0 bridgehead atoms. The van der Waals surface area contributed by atoms with Gasteiger partial charge >= 0.3 is 6.03 Å². The number of hydrogen-bond donors (Lipinski definition) is 1. The maximum Gasteiger partial charge on any atom is 0.317 e. The van der Waals surface area contributed by atoms with Gasteiger partial charge in [0, 0.05) is 20.2 Å². The van der Waals surface area contributed by atoms with Crippen molar-refractivity contribution in [2.45, 2.75) is 31.7 Å². The summed E-state index contributed by atoms with van der Waals surface area (Å²) in [4.78, 5) is 14.4. The zero-order chi connectivity index (χ0) is 14.7. The van der Waals surface area contributed by atoms with Crippen LogP contribution in [0, 0.1) is 5.92 Å². The molecule has 1 atom stereocenters. The van der Waals surface area contributed by atoms with Gasteiger partial charge in [-0.25, -0.2) is 4.79 Å². The predicted molar refractivity (Wildman–Crippen MR) is 82.3 cm³/mol. The lowest BCUT2D eigenvalue weighted by atomic mass is 10.0. The van der Waals surface area contributed by atoms with E-state index in [1.54, 1.807) is 7.11 Å². The minimum absolute atomic E-state index is 0.0664. The highest BCUT2D eigenvalue weighted by Crippen LogP contribution is 2.32. The molecule has 1 fully saturated rings. The molecule has 0 unspecified atom stereocenters. The molecule has 2 aliphatic rings. The van der Waals surface area contributed by atoms with Gasteiger partial charge in [0.25, 0.3) is 0 Å². The third-order valence-corrected chi connectivity index (χ3v) is 4.55. The van der Waals surface area contributed by atoms with Crippen LogP contribution in [-0.4, -0.2) is 43.8 Å². The summed E-state index contributed by atoms with van der Waals surface area (Å²) in [6, 6.07) is 8.75. The lowest BCUT2D eigenvalue weighted by Crippen LogP contribution is -2.48. The van der Waals surface area contributed by atoms with E-state index in [2.05, 4.69) is 29.6 Å². The zero-order valence-electron chi connectivity index (χ0n) is 12.7. The highest BCUT2D eigenvalue weighted by atomic mass is 16.5. The first kappa shape index (κ1) is 14.4. The number of hydrogen-bond acceptors (Lipinski definition) is 2. The second kappa shape index (κ2) is 6.48. The van der Waals surface area contributed by atoms with Gasteiger partial charge in [0.05, 0.1) is 12.6 Å². The Kier molecular flexibility index (Phi) is 4.44. The van der Waals surface area contributed by atoms with Gasteiger partial charge in [-0.05, 0) is 42.7 Å². The molecule has 0 spiro atoms. The van der Waals surface area contributed by atoms with E-state index in [-0.39, 0.29) is 12.1 Å². The highest BCUT2D eigenvalue weighted by Gasteiger charge is 2.33. The van der Waals surface area contributed by atoms with Crippen LogP contribution in [0.3, 0.4) is 0 Å². The number of ether oxygens (including phenoxy) is 1. The van der Waals surface area contributed by atoms with Gasteiger partial charge in [-0.2, -0.15) is 0 Å². The topological polar surface area (TPSA) is 41.6 Å². The molecule has 1 aliphatic carbocycles. The summed E-state index contributed by atoms with van der Waals surface area (Å²) in [6.45, 7) is 2.21. The van der Waals surface area contributed by atoms with Crippen LogP contribution in [0.15, 0.2) is 24.3 Å². The minimum Gasteiger partial charge on any atom is -0.383 e. The lowest BCUT2D eigenvalue weighted by Gasteiger charge is -2.25. The van der Waals surface area contributed by atoms with E-state index in [1.165, 1.54) is 24.0 Å². The number of carbonyl (C=O) groups is 1. The van der Waals surface area contributed by atoms with Crippen molar-refractivity contribution in [3.8, 4) is 0 Å². The van der Waals surface area contributed by atoms with E-state index in [9.17, 15) is 4.79 Å². The lowest BCUT2D eigenvalue weighted by molar-refractivity contribution is 0.148. The summed E-state index contributed by atoms with van der Waals surface area (Å²) >= 11 is 0. The average Bonchev–Trinajstić information content (AvgIpc) is 3.33. The normalized spacial score (nSPS) is 19.6. The van der Waals surface area contributed by atoms with Crippen molar-refractivity contribution in [1.82, 2.24) is 10.2 Å². The molecule has 1 saturated carbocycles. The Labute approximate surface area is 126 Å². The molecule has 0 radical (unpaired) electrons. The molecule has 21 heavy (non-hydrogen) atoms. The smallest absolute Gasteiger partial charge is 0.317 e. The van der Waals surface area contributed by atoms with Crippen LogP contribution < -0.4 is 5.32 Å². The first-order valence-electron chi connectivity index (χ1n) is 7.89. The first-order valence-corrected chi connectivity index (χ1v) is 7.89. The van der Waals surface area contributed by atoms with Crippen molar-refractivity contribution < 1.29 is 9.53 Å². The van der Waals surface area contributed by atoms with Crippen LogP contribution in [0.4, 0.5) is 4.79 Å². The van der Waals surface area contributed by atoms with Gasteiger partial charge in [0.15, 0.2) is 0 Å². The number of benzene rings is 1. The van der Waals surface area contributed by atoms with Gasteiger partial charge in [-0.15, -0.1) is 0 Å². The Bertz CT molecular complexity index is 472. The van der Waals surface area contributed by atoms with Gasteiger partial charge in [-0.1, -0.05) is 24.3 Å². The monoisotopic (exact) mass is 288 g/mol. The molecule has 0 saturated heterocycles. The molecule has 1 N–H and O–H groups in total. The number of amides is 2. The van der Waals surface area contributed by atoms with Crippen molar-refractivity contribution in [1.29, 1.82) is 0 Å². The van der Waals surface area contributed by atoms with Crippen molar-refractivity contribution in [2.75, 3.05) is 26.8 Å². The number of urea groups is 1. The molecule has 3 rings (SSSR count). The van der Waals surface area contributed by atoms with E-state index in [0.717, 1.165) is 25.9 Å². The molecular formula is C17H24N2O2. The van der Waals surface area contributed by atoms with Crippen molar-refractivity contribution in [2.24, 2.45) is 5.92 Å². The summed E-state index contributed by atoms with van der Waals surface area (Å²) in [7, 11) is 1.70. The van der Waals surface area contributed by atoms with E-state index in [1.807, 2.05) is 4.90 Å². The Morgan fingerprint density at radius 3 is 2.43 bits per heavy atom. The molecule has 114 valence electrons. The third-order valence-electron chi connectivity index (χ3n) is 4.55. The first-order chi connectivity index (χ1) is 10.3. The quantitative estimate of drug-likeness (QED) is 0.923. The number of nitrogens with zero attached hydrogens (tertiary/aromatic N) is 1. The second-order valence-electron chi connectivity index (χ2n) is 6.10. The second-order valence-corrected chi connectivity index (χ2v) is 6.10. The summed E-state index contributed by atoms with van der Waals surface area (Å²) < 4.78 is 5.24. The zero-order valence-corrected chi connectivity index (χ0v) is 12.7. The van der Waals surface area contributed by atoms with Crippen LogP contribution >= 0.6 is 0 Å². The van der Waals surface area contributed by atoms with E-state index in [4.69, 9.17) is 4.74 Å². The standard InChI is InChI=1S/C17H24N2O2/c1-21-12-16(15-6-7-15)18-17(20)19-10-8-13-4-2-3-5-14(13)9-11-19/h2-5,15-16H,6-12H2,1H3,(H,18,20)/t16-/m0/s1. The number of rotatable bonds is 4. The Morgan fingerprint density at radius 1 is 1.29 bits per heavy atom. The molecule has 0 aromatic heterocycles. The number of nitrogens with one attached hydrogen (secondary N) is 1. The SMILES string of the molecule is COC[C@H](NC(=O)N1CCc2ccccc2CC1)C1CC1. The summed E-state index contributed by atoms with van der Waals surface area (Å²) in [5.41, 5.74) is 2.76. The summed E-state index contributed by atoms with van der Waals surface area (Å²) in [6.07, 6.45) is 4.31. The van der Waals surface area contributed by atoms with Gasteiger partial charge in [-0.3, -0.25) is 0 Å².